The van der Waals surface area contributed by atoms with Crippen molar-refractivity contribution in [2.45, 2.75) is 6.92 Å². The zero-order valence-corrected chi connectivity index (χ0v) is 6.27. The third kappa shape index (κ3) is 1360. The minimum Gasteiger partial charge on any atom is -0.545 e. The molecule has 0 aliphatic rings. The monoisotopic (exact) mass is 254 g/mol. The summed E-state index contributed by atoms with van der Waals surface area (Å²) in [5.74, 6) is 0. The quantitative estimate of drug-likeness (QED) is 0.459. The fourth-order valence-electron chi connectivity index (χ4n) is 0. The summed E-state index contributed by atoms with van der Waals surface area (Å²) in [4.78, 5) is 7.75. The van der Waals surface area contributed by atoms with E-state index in [1.807, 2.05) is 0 Å². The van der Waals surface area contributed by atoms with Crippen LogP contribution in [-0.2, 0) is 25.9 Å². The Labute approximate surface area is 51.4 Å². The van der Waals surface area contributed by atoms with Crippen LogP contribution in [0.3, 0.4) is 0 Å². The van der Waals surface area contributed by atoms with E-state index in [0.29, 0.717) is 0 Å². The molecule has 0 aromatic carbocycles. The molecule has 0 spiro atoms. The van der Waals surface area contributed by atoms with Crippen molar-refractivity contribution in [3.8, 4) is 6.07 Å². The molecule has 2 nitrogen and oxygen atoms in total. The molecule has 0 bridgehead atoms. The molecule has 0 aliphatic heterocycles. The number of nitriles is 1. The largest absolute Gasteiger partial charge is 0.545 e. The van der Waals surface area contributed by atoms with E-state index >= 15 is 0 Å². The predicted octanol–water partition coefficient (Wildman–Crippen LogP) is 0.253. The van der Waals surface area contributed by atoms with Gasteiger partial charge in [-0.1, -0.05) is 0 Å². The maximum absolute atomic E-state index is 7.75. The summed E-state index contributed by atoms with van der Waals surface area (Å²) in [6.45, 7) is 4.68. The molecule has 0 saturated heterocycles. The second-order valence-corrected chi connectivity index (χ2v) is 0.224. The van der Waals surface area contributed by atoms with Crippen LogP contribution >= 0.6 is 0 Å². The molecule has 0 radical (unpaired) electrons. The van der Waals surface area contributed by atoms with E-state index < -0.39 is 0 Å². The Kier molecular flexibility index (Phi) is 282. The fraction of sp³-hybridized carbons (Fsp3) is 0.333. The molecule has 0 amide bonds. The molecule has 0 N–H and O–H groups in total. The van der Waals surface area contributed by atoms with Crippen molar-refractivity contribution in [1.29, 1.82) is 5.26 Å². The van der Waals surface area contributed by atoms with Gasteiger partial charge < -0.3 is 4.79 Å². The molecule has 0 saturated carbocycles. The van der Waals surface area contributed by atoms with Crippen LogP contribution < -0.4 is 0 Å². The van der Waals surface area contributed by atoms with E-state index in [1.165, 1.54) is 6.92 Å². The molecule has 0 unspecified atom stereocenters. The van der Waals surface area contributed by atoms with Crippen LogP contribution in [0.1, 0.15) is 6.92 Å². The van der Waals surface area contributed by atoms with Crippen LogP contribution in [0.25, 0.3) is 0 Å². The number of hydrogen-bond donors (Lipinski definition) is 0. The number of nitrogens with zero attached hydrogens (tertiary/aromatic N) is 1. The summed E-state index contributed by atoms with van der Waals surface area (Å²) in [5, 5.41) is 7.32. The molecule has 0 rings (SSSR count). The first-order chi connectivity index (χ1) is 2.41. The predicted molar refractivity (Wildman–Crippen MR) is 18.0 cm³/mol. The van der Waals surface area contributed by atoms with E-state index in [9.17, 15) is 0 Å². The number of hydrogen-bond acceptors (Lipinski definition) is 2. The molecule has 0 fully saturated rings. The summed E-state index contributed by atoms with van der Waals surface area (Å²) < 4.78 is 0. The summed E-state index contributed by atoms with van der Waals surface area (Å²) in [5.41, 5.74) is 0. The minimum absolute atomic E-state index is 0. The molecule has 34 valence electrons. The summed E-state index contributed by atoms with van der Waals surface area (Å²) in [7, 11) is 0. The van der Waals surface area contributed by atoms with E-state index in [4.69, 9.17) is 10.1 Å². The molecular weight excluding hydrogens is 250 g/mol. The maximum Gasteiger partial charge on any atom is 0.0587 e. The van der Waals surface area contributed by atoms with Gasteiger partial charge in [0, 0.05) is 28.0 Å². The average Bonchev–Trinajstić information content (AvgIpc) is 1.46. The van der Waals surface area contributed by atoms with Gasteiger partial charge in [0.25, 0.3) is 0 Å². The van der Waals surface area contributed by atoms with Crippen molar-refractivity contribution >= 4 is 6.79 Å². The molecule has 0 aromatic rings. The Morgan fingerprint density at radius 2 is 1.67 bits per heavy atom. The SMILES string of the molecule is CC#N.[CH-]=O.[W]. The Hall–Kier alpha value is -0.152. The van der Waals surface area contributed by atoms with Gasteiger partial charge in [0.2, 0.25) is 0 Å². The average molecular weight is 254 g/mol. The second kappa shape index (κ2) is 99.8. The molecule has 0 aromatic heterocycles. The van der Waals surface area contributed by atoms with Crippen molar-refractivity contribution < 1.29 is 25.9 Å². The van der Waals surface area contributed by atoms with Crippen molar-refractivity contribution in [2.75, 3.05) is 0 Å². The van der Waals surface area contributed by atoms with E-state index in [-0.39, 0.29) is 21.1 Å². The Balaban J connectivity index is -0.0000000275. The number of carbonyl (C=O) groups excluding carboxylic acids is 1. The molecule has 6 heavy (non-hydrogen) atoms. The van der Waals surface area contributed by atoms with Gasteiger partial charge in [-0.05, 0) is 0 Å². The summed E-state index contributed by atoms with van der Waals surface area (Å²) in [6, 6.07) is 1.75. The second-order valence-electron chi connectivity index (χ2n) is 0.224. The van der Waals surface area contributed by atoms with Crippen LogP contribution in [0.15, 0.2) is 0 Å². The summed E-state index contributed by atoms with van der Waals surface area (Å²) in [6.07, 6.45) is 0. The first kappa shape index (κ1) is 16.9. The van der Waals surface area contributed by atoms with E-state index in [2.05, 4.69) is 6.79 Å². The molecule has 0 heterocycles. The van der Waals surface area contributed by atoms with Crippen LogP contribution in [0, 0.1) is 11.3 Å². The van der Waals surface area contributed by atoms with Crippen molar-refractivity contribution in [2.24, 2.45) is 0 Å². The van der Waals surface area contributed by atoms with Crippen LogP contribution in [0.4, 0.5) is 0 Å². The first-order valence-electron chi connectivity index (χ1n) is 0.959. The van der Waals surface area contributed by atoms with E-state index in [0.717, 1.165) is 0 Å². The maximum atomic E-state index is 7.75. The van der Waals surface area contributed by atoms with Gasteiger partial charge in [-0.3, -0.25) is 6.79 Å². The number of rotatable bonds is 0. The Bertz CT molecular complexity index is 40.5. The van der Waals surface area contributed by atoms with Gasteiger partial charge in [-0.25, -0.2) is 0 Å². The Morgan fingerprint density at radius 3 is 1.67 bits per heavy atom. The van der Waals surface area contributed by atoms with Crippen molar-refractivity contribution in [3.63, 3.8) is 0 Å². The third-order valence-corrected chi connectivity index (χ3v) is 0. The zero-order chi connectivity index (χ0) is 4.71. The van der Waals surface area contributed by atoms with E-state index in [1.54, 1.807) is 6.07 Å². The standard InChI is InChI=1S/C2H3N.CHO.W/c1-2-3;1-2;/h1H3;1H;/q;-1;. The van der Waals surface area contributed by atoms with Gasteiger partial charge in [-0.2, -0.15) is 5.26 Å². The first-order valence-corrected chi connectivity index (χ1v) is 0.959. The fourth-order valence-corrected chi connectivity index (χ4v) is 0. The van der Waals surface area contributed by atoms with Gasteiger partial charge in [0.05, 0.1) is 6.07 Å². The zero-order valence-electron chi connectivity index (χ0n) is 3.34. The smallest absolute Gasteiger partial charge is 0.0587 e. The van der Waals surface area contributed by atoms with Gasteiger partial charge in [0.1, 0.15) is 0 Å². The van der Waals surface area contributed by atoms with Crippen molar-refractivity contribution in [3.05, 3.63) is 0 Å². The third-order valence-electron chi connectivity index (χ3n) is 0. The molecule has 0 aliphatic carbocycles. The minimum atomic E-state index is 0. The van der Waals surface area contributed by atoms with Gasteiger partial charge in [0.15, 0.2) is 0 Å². The molecule has 3 heteroatoms. The molecule has 0 atom stereocenters. The Morgan fingerprint density at radius 1 is 1.67 bits per heavy atom. The van der Waals surface area contributed by atoms with Crippen molar-refractivity contribution in [1.82, 2.24) is 0 Å². The van der Waals surface area contributed by atoms with Gasteiger partial charge in [-0.15, -0.1) is 0 Å². The summed E-state index contributed by atoms with van der Waals surface area (Å²) >= 11 is 0. The normalized spacial score (nSPS) is 2.00. The van der Waals surface area contributed by atoms with Crippen LogP contribution in [0.5, 0.6) is 0 Å². The molecular formula is C3H4NOW-. The van der Waals surface area contributed by atoms with Gasteiger partial charge >= 0.3 is 0 Å². The van der Waals surface area contributed by atoms with Crippen LogP contribution in [-0.4, -0.2) is 6.79 Å². The topological polar surface area (TPSA) is 40.9 Å². The van der Waals surface area contributed by atoms with Crippen LogP contribution in [0.2, 0.25) is 0 Å².